The number of carbonyl (C=O) groups excluding carboxylic acids is 1. The van der Waals surface area contributed by atoms with Crippen molar-refractivity contribution in [1.82, 2.24) is 9.97 Å². The molecule has 0 spiro atoms. The Balaban J connectivity index is 1.68. The fraction of sp³-hybridized carbons (Fsp3) is 0.261. The van der Waals surface area contributed by atoms with E-state index in [-0.39, 0.29) is 12.4 Å². The Morgan fingerprint density at radius 3 is 2.50 bits per heavy atom. The Kier molecular flexibility index (Phi) is 5.67. The van der Waals surface area contributed by atoms with Crippen LogP contribution >= 0.6 is 23.2 Å². The summed E-state index contributed by atoms with van der Waals surface area (Å²) in [5, 5.41) is 0.918. The van der Waals surface area contributed by atoms with Gasteiger partial charge in [0.25, 0.3) is 0 Å². The molecule has 3 aromatic rings. The monoisotopic (exact) mass is 442 g/mol. The molecule has 1 aliphatic heterocycles. The maximum absolute atomic E-state index is 12.6. The Morgan fingerprint density at radius 2 is 1.73 bits per heavy atom. The molecule has 0 saturated heterocycles. The molecule has 0 amide bonds. The summed E-state index contributed by atoms with van der Waals surface area (Å²) in [6, 6.07) is 13.2. The normalized spacial score (nSPS) is 17.2. The lowest BCUT2D eigenvalue weighted by atomic mass is 9.83. The summed E-state index contributed by atoms with van der Waals surface area (Å²) < 4.78 is 11.8. The number of ether oxygens (including phenoxy) is 2. The second-order valence-corrected chi connectivity index (χ2v) is 8.44. The Bertz CT molecular complexity index is 1090. The predicted molar refractivity (Wildman–Crippen MR) is 115 cm³/mol. The molecule has 4 rings (SSSR count). The molecule has 1 aromatic heterocycles. The van der Waals surface area contributed by atoms with E-state index in [1.54, 1.807) is 38.4 Å². The molecule has 0 radical (unpaired) electrons. The van der Waals surface area contributed by atoms with Crippen LogP contribution in [0.2, 0.25) is 10.0 Å². The van der Waals surface area contributed by atoms with Crippen molar-refractivity contribution >= 4 is 29.2 Å². The third-order valence-corrected chi connectivity index (χ3v) is 5.81. The molecule has 2 heterocycles. The van der Waals surface area contributed by atoms with Crippen LogP contribution in [0.15, 0.2) is 54.9 Å². The van der Waals surface area contributed by atoms with Crippen LogP contribution in [-0.4, -0.2) is 15.9 Å². The quantitative estimate of drug-likeness (QED) is 0.489. The summed E-state index contributed by atoms with van der Waals surface area (Å²) in [5.74, 6) is 0.116. The van der Waals surface area contributed by atoms with Gasteiger partial charge in [0.2, 0.25) is 0 Å². The largest absolute Gasteiger partial charge is 0.487 e. The van der Waals surface area contributed by atoms with Crippen LogP contribution in [0.3, 0.4) is 0 Å². The standard InChI is InChI=1S/C23H20Cl2N2O3/c1-23(2)21-19(26-10-11-27-21)18(30-22(23)28)12-15-16(24)8-9-17(25)20(15)29-13-14-6-4-3-5-7-14/h3-11,18H,12-13H2,1-2H3. The molecule has 1 atom stereocenters. The van der Waals surface area contributed by atoms with Gasteiger partial charge in [-0.2, -0.15) is 0 Å². The predicted octanol–water partition coefficient (Wildman–Crippen LogP) is 5.48. The fourth-order valence-electron chi connectivity index (χ4n) is 3.47. The number of nitrogens with zero attached hydrogens (tertiary/aromatic N) is 2. The molecule has 7 heteroatoms. The van der Waals surface area contributed by atoms with Gasteiger partial charge in [0.15, 0.2) is 0 Å². The summed E-state index contributed by atoms with van der Waals surface area (Å²) in [6.45, 7) is 3.89. The summed E-state index contributed by atoms with van der Waals surface area (Å²) in [4.78, 5) is 21.5. The highest BCUT2D eigenvalue weighted by Crippen LogP contribution is 2.42. The highest BCUT2D eigenvalue weighted by atomic mass is 35.5. The molecule has 0 bridgehead atoms. The lowest BCUT2D eigenvalue weighted by molar-refractivity contribution is -0.158. The minimum Gasteiger partial charge on any atom is -0.487 e. The first kappa shape index (κ1) is 20.6. The van der Waals surface area contributed by atoms with E-state index in [1.807, 2.05) is 30.3 Å². The average Bonchev–Trinajstić information content (AvgIpc) is 2.75. The average molecular weight is 443 g/mol. The van der Waals surface area contributed by atoms with E-state index in [1.165, 1.54) is 0 Å². The minimum atomic E-state index is -0.870. The van der Waals surface area contributed by atoms with Gasteiger partial charge in [-0.15, -0.1) is 0 Å². The number of halogens is 2. The number of hydrogen-bond acceptors (Lipinski definition) is 5. The second-order valence-electron chi connectivity index (χ2n) is 7.62. The number of hydrogen-bond donors (Lipinski definition) is 0. The van der Waals surface area contributed by atoms with Gasteiger partial charge in [-0.05, 0) is 31.5 Å². The van der Waals surface area contributed by atoms with Crippen LogP contribution in [0.5, 0.6) is 5.75 Å². The maximum Gasteiger partial charge on any atom is 0.318 e. The zero-order chi connectivity index (χ0) is 21.3. The van der Waals surface area contributed by atoms with Crippen molar-refractivity contribution < 1.29 is 14.3 Å². The van der Waals surface area contributed by atoms with Crippen LogP contribution < -0.4 is 4.74 Å². The van der Waals surface area contributed by atoms with Crippen LogP contribution in [0, 0.1) is 0 Å². The van der Waals surface area contributed by atoms with E-state index in [0.29, 0.717) is 39.4 Å². The van der Waals surface area contributed by atoms with E-state index in [4.69, 9.17) is 32.7 Å². The fourth-order valence-corrected chi connectivity index (χ4v) is 3.93. The SMILES string of the molecule is CC1(C)C(=O)OC(Cc2c(Cl)ccc(Cl)c2OCc2ccccc2)c2nccnc21. The van der Waals surface area contributed by atoms with Crippen molar-refractivity contribution in [2.24, 2.45) is 0 Å². The Morgan fingerprint density at radius 1 is 1.03 bits per heavy atom. The maximum atomic E-state index is 12.6. The molecule has 1 unspecified atom stereocenters. The third kappa shape index (κ3) is 3.87. The van der Waals surface area contributed by atoms with E-state index < -0.39 is 11.5 Å². The van der Waals surface area contributed by atoms with Crippen molar-refractivity contribution in [3.63, 3.8) is 0 Å². The first-order valence-corrected chi connectivity index (χ1v) is 10.3. The molecule has 154 valence electrons. The van der Waals surface area contributed by atoms with Crippen molar-refractivity contribution in [2.75, 3.05) is 0 Å². The van der Waals surface area contributed by atoms with Gasteiger partial charge in [0, 0.05) is 29.4 Å². The van der Waals surface area contributed by atoms with Gasteiger partial charge < -0.3 is 9.47 Å². The molecule has 0 aliphatic carbocycles. The number of carbonyl (C=O) groups is 1. The molecule has 30 heavy (non-hydrogen) atoms. The van der Waals surface area contributed by atoms with Crippen LogP contribution in [0.4, 0.5) is 0 Å². The number of rotatable bonds is 5. The van der Waals surface area contributed by atoms with Crippen LogP contribution in [0.1, 0.15) is 42.5 Å². The lowest BCUT2D eigenvalue weighted by Gasteiger charge is -2.33. The van der Waals surface area contributed by atoms with Gasteiger partial charge >= 0.3 is 5.97 Å². The van der Waals surface area contributed by atoms with Crippen molar-refractivity contribution in [2.45, 2.75) is 38.4 Å². The number of benzene rings is 2. The van der Waals surface area contributed by atoms with Crippen molar-refractivity contribution in [3.05, 3.63) is 87.4 Å². The highest BCUT2D eigenvalue weighted by molar-refractivity contribution is 6.34. The number of fused-ring (bicyclic) bond motifs is 1. The smallest absolute Gasteiger partial charge is 0.318 e. The molecule has 1 aliphatic rings. The van der Waals surface area contributed by atoms with E-state index >= 15 is 0 Å². The molecule has 0 saturated carbocycles. The van der Waals surface area contributed by atoms with Crippen LogP contribution in [0.25, 0.3) is 0 Å². The van der Waals surface area contributed by atoms with Gasteiger partial charge in [0.05, 0.1) is 10.7 Å². The first-order valence-electron chi connectivity index (χ1n) is 9.54. The summed E-state index contributed by atoms with van der Waals surface area (Å²) in [6.07, 6.45) is 2.81. The van der Waals surface area contributed by atoms with Crippen LogP contribution in [-0.2, 0) is 28.0 Å². The van der Waals surface area contributed by atoms with Crippen molar-refractivity contribution in [1.29, 1.82) is 0 Å². The molecule has 0 fully saturated rings. The second kappa shape index (κ2) is 8.25. The van der Waals surface area contributed by atoms with Gasteiger partial charge in [-0.3, -0.25) is 14.8 Å². The number of aromatic nitrogens is 2. The topological polar surface area (TPSA) is 61.3 Å². The summed E-state index contributed by atoms with van der Waals surface area (Å²) in [5.41, 5.74) is 2.02. The molecule has 2 aromatic carbocycles. The van der Waals surface area contributed by atoms with E-state index in [2.05, 4.69) is 9.97 Å². The lowest BCUT2D eigenvalue weighted by Crippen LogP contribution is -2.40. The van der Waals surface area contributed by atoms with Gasteiger partial charge in [-0.25, -0.2) is 0 Å². The zero-order valence-electron chi connectivity index (χ0n) is 16.6. The minimum absolute atomic E-state index is 0.275. The molecular formula is C23H20Cl2N2O3. The molecule has 5 nitrogen and oxygen atoms in total. The van der Waals surface area contributed by atoms with Gasteiger partial charge in [-0.1, -0.05) is 53.5 Å². The highest BCUT2D eigenvalue weighted by Gasteiger charge is 2.44. The van der Waals surface area contributed by atoms with E-state index in [9.17, 15) is 4.79 Å². The number of esters is 1. The third-order valence-electron chi connectivity index (χ3n) is 5.15. The Labute approximate surface area is 185 Å². The molecular weight excluding hydrogens is 423 g/mol. The summed E-state index contributed by atoms with van der Waals surface area (Å²) in [7, 11) is 0. The molecule has 0 N–H and O–H groups in total. The van der Waals surface area contributed by atoms with Crippen molar-refractivity contribution in [3.8, 4) is 5.75 Å². The Hall–Kier alpha value is -2.63. The van der Waals surface area contributed by atoms with Gasteiger partial charge in [0.1, 0.15) is 29.6 Å². The van der Waals surface area contributed by atoms with E-state index in [0.717, 1.165) is 5.56 Å². The number of cyclic esters (lactones) is 1. The zero-order valence-corrected chi connectivity index (χ0v) is 18.1. The first-order chi connectivity index (χ1) is 14.4. The summed E-state index contributed by atoms with van der Waals surface area (Å²) >= 11 is 12.9.